The fraction of sp³-hybridized carbons (Fsp3) is 0.714. The van der Waals surface area contributed by atoms with Crippen LogP contribution in [0.15, 0.2) is 6.20 Å². The van der Waals surface area contributed by atoms with Gasteiger partial charge in [-0.1, -0.05) is 38.0 Å². The van der Waals surface area contributed by atoms with Crippen molar-refractivity contribution in [3.8, 4) is 5.19 Å². The minimum Gasteiger partial charge on any atom is -0.470 e. The highest BCUT2D eigenvalue weighted by molar-refractivity contribution is 7.17. The molecule has 0 aliphatic rings. The number of aliphatic hydroxyl groups is 2. The van der Waals surface area contributed by atoms with Gasteiger partial charge >= 0.3 is 6.09 Å². The average Bonchev–Trinajstić information content (AvgIpc) is 2.86. The number of hydrogen-bond donors (Lipinski definition) is 3. The van der Waals surface area contributed by atoms with Gasteiger partial charge in [0, 0.05) is 6.42 Å². The summed E-state index contributed by atoms with van der Waals surface area (Å²) in [6.45, 7) is 4.81. The zero-order valence-electron chi connectivity index (χ0n) is 12.9. The van der Waals surface area contributed by atoms with Crippen LogP contribution in [0.2, 0.25) is 0 Å². The fourth-order valence-corrected chi connectivity index (χ4v) is 2.44. The number of carbonyl (C=O) groups excluding carboxylic acids is 1. The first-order valence-electron chi connectivity index (χ1n) is 7.39. The Labute approximate surface area is 134 Å². The molecular formula is C14H24N2O5S. The van der Waals surface area contributed by atoms with Gasteiger partial charge in [-0.3, -0.25) is 5.32 Å². The molecule has 0 saturated carbocycles. The number of nitrogens with zero attached hydrogens (tertiary/aromatic N) is 1. The number of ether oxygens (including phenoxy) is 2. The van der Waals surface area contributed by atoms with E-state index < -0.39 is 12.4 Å². The molecule has 126 valence electrons. The van der Waals surface area contributed by atoms with Gasteiger partial charge in [-0.25, -0.2) is 9.78 Å². The van der Waals surface area contributed by atoms with Crippen molar-refractivity contribution in [2.45, 2.75) is 45.8 Å². The van der Waals surface area contributed by atoms with E-state index in [4.69, 9.17) is 19.7 Å². The summed E-state index contributed by atoms with van der Waals surface area (Å²) in [5.74, 6) is 0.545. The van der Waals surface area contributed by atoms with E-state index in [0.29, 0.717) is 22.7 Å². The monoisotopic (exact) mass is 332 g/mol. The molecule has 3 N–H and O–H groups in total. The number of thiazole rings is 1. The molecule has 1 unspecified atom stereocenters. The van der Waals surface area contributed by atoms with Crippen LogP contribution in [0, 0.1) is 5.92 Å². The van der Waals surface area contributed by atoms with Crippen LogP contribution in [0.5, 0.6) is 5.19 Å². The molecule has 1 aromatic rings. The zero-order valence-corrected chi connectivity index (χ0v) is 13.8. The molecule has 0 aromatic carbocycles. The summed E-state index contributed by atoms with van der Waals surface area (Å²) >= 11 is 1.15. The quantitative estimate of drug-likeness (QED) is 0.569. The normalized spacial score (nSPS) is 12.2. The maximum Gasteiger partial charge on any atom is 0.412 e. The van der Waals surface area contributed by atoms with Gasteiger partial charge < -0.3 is 19.7 Å². The molecule has 1 atom stereocenters. The maximum absolute atomic E-state index is 11.6. The lowest BCUT2D eigenvalue weighted by molar-refractivity contribution is -0.0519. The number of aromatic nitrogens is 1. The van der Waals surface area contributed by atoms with Gasteiger partial charge in [0.1, 0.15) is 5.00 Å². The Morgan fingerprint density at radius 1 is 1.36 bits per heavy atom. The summed E-state index contributed by atoms with van der Waals surface area (Å²) in [5.41, 5.74) is 0. The van der Waals surface area contributed by atoms with Crippen molar-refractivity contribution < 1.29 is 24.5 Å². The molecule has 1 aromatic heterocycles. The predicted molar refractivity (Wildman–Crippen MR) is 84.1 cm³/mol. The largest absolute Gasteiger partial charge is 0.470 e. The molecule has 1 rings (SSSR count). The third kappa shape index (κ3) is 8.16. The van der Waals surface area contributed by atoms with Gasteiger partial charge in [-0.05, 0) is 12.3 Å². The number of aliphatic hydroxyl groups excluding tert-OH is 1. The Morgan fingerprint density at radius 3 is 2.82 bits per heavy atom. The molecule has 0 spiro atoms. The van der Waals surface area contributed by atoms with Crippen molar-refractivity contribution >= 4 is 22.4 Å². The third-order valence-electron chi connectivity index (χ3n) is 2.94. The Morgan fingerprint density at radius 2 is 2.14 bits per heavy atom. The fourth-order valence-electron chi connectivity index (χ4n) is 1.76. The first-order chi connectivity index (χ1) is 10.5. The van der Waals surface area contributed by atoms with Crippen molar-refractivity contribution in [1.29, 1.82) is 0 Å². The number of anilines is 1. The minimum absolute atomic E-state index is 0.0975. The standard InChI is InChI=1S/C14H24N2O5S/c1-3-4-10(2)5-7-20-13(19)16-11-9-15-14(22-11)21-8-6-12(17)18/h9-10,12,17-18H,3-8H2,1-2H3,(H,16,19). The lowest BCUT2D eigenvalue weighted by Crippen LogP contribution is -2.14. The van der Waals surface area contributed by atoms with Crippen molar-refractivity contribution in [2.24, 2.45) is 5.92 Å². The van der Waals surface area contributed by atoms with Crippen molar-refractivity contribution in [3.63, 3.8) is 0 Å². The Balaban J connectivity index is 2.23. The molecule has 22 heavy (non-hydrogen) atoms. The van der Waals surface area contributed by atoms with Crippen molar-refractivity contribution in [3.05, 3.63) is 6.20 Å². The number of nitrogens with one attached hydrogen (secondary N) is 1. The van der Waals surface area contributed by atoms with E-state index in [9.17, 15) is 4.79 Å². The summed E-state index contributed by atoms with van der Waals surface area (Å²) in [4.78, 5) is 15.6. The Kier molecular flexibility index (Phi) is 8.79. The smallest absolute Gasteiger partial charge is 0.412 e. The van der Waals surface area contributed by atoms with E-state index in [-0.39, 0.29) is 13.0 Å². The number of rotatable bonds is 10. The molecule has 0 saturated heterocycles. The molecular weight excluding hydrogens is 308 g/mol. The highest BCUT2D eigenvalue weighted by Gasteiger charge is 2.09. The zero-order chi connectivity index (χ0) is 16.4. The van der Waals surface area contributed by atoms with Crippen LogP contribution in [0.3, 0.4) is 0 Å². The van der Waals surface area contributed by atoms with Crippen LogP contribution < -0.4 is 10.1 Å². The first-order valence-corrected chi connectivity index (χ1v) is 8.21. The molecule has 7 nitrogen and oxygen atoms in total. The van der Waals surface area contributed by atoms with E-state index in [1.165, 1.54) is 6.20 Å². The first kappa shape index (κ1) is 18.7. The highest BCUT2D eigenvalue weighted by atomic mass is 32.1. The second kappa shape index (κ2) is 10.4. The van der Waals surface area contributed by atoms with Gasteiger partial charge in [0.25, 0.3) is 5.19 Å². The summed E-state index contributed by atoms with van der Waals surface area (Å²) < 4.78 is 10.3. The van der Waals surface area contributed by atoms with Crippen LogP contribution in [0.4, 0.5) is 9.80 Å². The van der Waals surface area contributed by atoms with Gasteiger partial charge in [-0.2, -0.15) is 0 Å². The second-order valence-electron chi connectivity index (χ2n) is 5.05. The molecule has 8 heteroatoms. The molecule has 1 heterocycles. The van der Waals surface area contributed by atoms with Gasteiger partial charge in [0.05, 0.1) is 19.4 Å². The van der Waals surface area contributed by atoms with Crippen LogP contribution in [0.25, 0.3) is 0 Å². The second-order valence-corrected chi connectivity index (χ2v) is 6.04. The summed E-state index contributed by atoms with van der Waals surface area (Å²) in [7, 11) is 0. The van der Waals surface area contributed by atoms with Crippen LogP contribution in [-0.4, -0.2) is 40.8 Å². The van der Waals surface area contributed by atoms with Gasteiger partial charge in [-0.15, -0.1) is 0 Å². The predicted octanol–water partition coefficient (Wildman–Crippen LogP) is 2.60. The molecule has 1 amide bonds. The summed E-state index contributed by atoms with van der Waals surface area (Å²) in [6, 6.07) is 0. The van der Waals surface area contributed by atoms with E-state index >= 15 is 0 Å². The van der Waals surface area contributed by atoms with E-state index in [1.807, 2.05) is 0 Å². The molecule has 0 aliphatic carbocycles. The lowest BCUT2D eigenvalue weighted by Gasteiger charge is -2.10. The SMILES string of the molecule is CCCC(C)CCOC(=O)Nc1cnc(OCCC(O)O)s1. The number of amides is 1. The van der Waals surface area contributed by atoms with E-state index in [1.54, 1.807) is 0 Å². The van der Waals surface area contributed by atoms with E-state index in [2.05, 4.69) is 24.1 Å². The van der Waals surface area contributed by atoms with Crippen LogP contribution >= 0.6 is 11.3 Å². The van der Waals surface area contributed by atoms with E-state index in [0.717, 1.165) is 30.6 Å². The summed E-state index contributed by atoms with van der Waals surface area (Å²) in [6.07, 6.45) is 2.76. The topological polar surface area (TPSA) is 101 Å². The van der Waals surface area contributed by atoms with Crippen molar-refractivity contribution in [2.75, 3.05) is 18.5 Å². The highest BCUT2D eigenvalue weighted by Crippen LogP contribution is 2.25. The third-order valence-corrected chi connectivity index (χ3v) is 3.76. The van der Waals surface area contributed by atoms with Crippen LogP contribution in [-0.2, 0) is 4.74 Å². The summed E-state index contributed by atoms with van der Waals surface area (Å²) in [5, 5.41) is 20.8. The number of carbonyl (C=O) groups is 1. The minimum atomic E-state index is -1.40. The molecule has 0 bridgehead atoms. The average molecular weight is 332 g/mol. The molecule has 0 radical (unpaired) electrons. The lowest BCUT2D eigenvalue weighted by atomic mass is 10.0. The number of hydrogen-bond acceptors (Lipinski definition) is 7. The van der Waals surface area contributed by atoms with Gasteiger partial charge in [0.2, 0.25) is 0 Å². The van der Waals surface area contributed by atoms with Crippen LogP contribution in [0.1, 0.15) is 39.5 Å². The maximum atomic E-state index is 11.6. The van der Waals surface area contributed by atoms with Gasteiger partial charge in [0.15, 0.2) is 6.29 Å². The Hall–Kier alpha value is -1.38. The van der Waals surface area contributed by atoms with Crippen molar-refractivity contribution in [1.82, 2.24) is 4.98 Å². The molecule has 0 aliphatic heterocycles. The Bertz CT molecular complexity index is 439. The molecule has 0 fully saturated rings.